The number of amides is 3. The van der Waals surface area contributed by atoms with Crippen LogP contribution in [0.3, 0.4) is 0 Å². The van der Waals surface area contributed by atoms with Crippen molar-refractivity contribution in [3.05, 3.63) is 95.1 Å². The molecule has 2 aliphatic heterocycles. The average molecular weight is 582 g/mol. The number of carbonyl (C=O) groups excluding carboxylic acids is 2. The topological polar surface area (TPSA) is 111 Å². The number of rotatable bonds is 4. The zero-order chi connectivity index (χ0) is 28.9. The molecule has 4 N–H and O–H groups in total. The molecule has 6 bridgehead atoms. The maximum atomic E-state index is 13.3. The molecule has 0 spiro atoms. The highest BCUT2D eigenvalue weighted by Crippen LogP contribution is 2.30. The summed E-state index contributed by atoms with van der Waals surface area (Å²) in [5, 5.41) is 13.1. The van der Waals surface area contributed by atoms with Crippen molar-refractivity contribution in [1.29, 1.82) is 0 Å². The molecule has 2 aliphatic rings. The third-order valence-electron chi connectivity index (χ3n) is 7.56. The van der Waals surface area contributed by atoms with Crippen LogP contribution in [0.25, 0.3) is 0 Å². The van der Waals surface area contributed by atoms with Crippen LogP contribution in [-0.2, 0) is 17.6 Å². The molecule has 0 saturated carbocycles. The number of anilines is 6. The summed E-state index contributed by atoms with van der Waals surface area (Å²) < 4.78 is 0. The molecule has 3 aromatic carbocycles. The summed E-state index contributed by atoms with van der Waals surface area (Å²) in [7, 11) is 0. The molecular formula is C32H32ClN7O2. The monoisotopic (exact) mass is 581 g/mol. The standard InChI is InChI=1S/C32H32ClN7O2/c33-27-19-34-31-36-25-10-4-6-21(16-25)11-12-23-18-26(35-30(27)39-31)13-14-28(23)38-29(41)17-22-7-5-15-40(20-22)32(42)37-24-8-2-1-3-9-24/h1-4,6,8-10,13-14,16,18-19,22H,5,7,11-12,15,17,20H2,(H,37,42)(H,38,41)(H2,34,35,36,39)/t22-/m1/s1. The third kappa shape index (κ3) is 6.80. The molecule has 214 valence electrons. The van der Waals surface area contributed by atoms with Gasteiger partial charge in [-0.15, -0.1) is 0 Å². The second kappa shape index (κ2) is 12.5. The van der Waals surface area contributed by atoms with E-state index in [0.29, 0.717) is 36.3 Å². The Morgan fingerprint density at radius 1 is 0.952 bits per heavy atom. The van der Waals surface area contributed by atoms with Crippen molar-refractivity contribution in [2.24, 2.45) is 5.92 Å². The van der Waals surface area contributed by atoms with Crippen molar-refractivity contribution in [2.75, 3.05) is 34.4 Å². The molecule has 3 heterocycles. The number of aryl methyl sites for hydroxylation is 2. The molecule has 4 aromatic rings. The third-order valence-corrected chi connectivity index (χ3v) is 7.83. The van der Waals surface area contributed by atoms with Gasteiger partial charge < -0.3 is 26.2 Å². The minimum Gasteiger partial charge on any atom is -0.339 e. The van der Waals surface area contributed by atoms with E-state index in [0.717, 1.165) is 59.6 Å². The molecule has 3 amide bonds. The zero-order valence-electron chi connectivity index (χ0n) is 23.1. The molecule has 0 radical (unpaired) electrons. The van der Waals surface area contributed by atoms with Crippen LogP contribution in [0.5, 0.6) is 0 Å². The van der Waals surface area contributed by atoms with Crippen LogP contribution >= 0.6 is 11.6 Å². The Bertz CT molecular complexity index is 1600. The van der Waals surface area contributed by atoms with Crippen LogP contribution in [0.1, 0.15) is 30.4 Å². The summed E-state index contributed by atoms with van der Waals surface area (Å²) in [6.07, 6.45) is 5.20. The SMILES string of the molecule is O=C(C[C@H]1CCCN(C(=O)Nc2ccccc2)C1)Nc1ccc2cc1CCc1cccc(c1)Nc1ncc(Cl)c(n1)N2. The lowest BCUT2D eigenvalue weighted by Gasteiger charge is -2.32. The summed E-state index contributed by atoms with van der Waals surface area (Å²) in [6.45, 7) is 1.23. The first-order valence-electron chi connectivity index (χ1n) is 14.2. The van der Waals surface area contributed by atoms with Gasteiger partial charge in [-0.2, -0.15) is 4.98 Å². The van der Waals surface area contributed by atoms with Gasteiger partial charge in [0.15, 0.2) is 5.82 Å². The van der Waals surface area contributed by atoms with Gasteiger partial charge in [-0.05, 0) is 85.2 Å². The quantitative estimate of drug-likeness (QED) is 0.207. The second-order valence-corrected chi connectivity index (χ2v) is 11.1. The summed E-state index contributed by atoms with van der Waals surface area (Å²) >= 11 is 6.40. The molecule has 0 unspecified atom stereocenters. The summed E-state index contributed by atoms with van der Waals surface area (Å²) in [5.74, 6) is 0.974. The lowest BCUT2D eigenvalue weighted by Crippen LogP contribution is -2.43. The largest absolute Gasteiger partial charge is 0.339 e. The molecule has 6 rings (SSSR count). The first kappa shape index (κ1) is 27.5. The molecular weight excluding hydrogens is 550 g/mol. The van der Waals surface area contributed by atoms with E-state index in [4.69, 9.17) is 11.6 Å². The minimum atomic E-state index is -0.129. The van der Waals surface area contributed by atoms with Crippen LogP contribution in [0.15, 0.2) is 79.0 Å². The number of nitrogens with one attached hydrogen (secondary N) is 4. The van der Waals surface area contributed by atoms with Crippen LogP contribution < -0.4 is 21.3 Å². The van der Waals surface area contributed by atoms with Crippen LogP contribution in [-0.4, -0.2) is 39.9 Å². The molecule has 1 saturated heterocycles. The Labute approximate surface area is 249 Å². The van der Waals surface area contributed by atoms with E-state index in [2.05, 4.69) is 43.4 Å². The lowest BCUT2D eigenvalue weighted by molar-refractivity contribution is -0.117. The number of para-hydroxylation sites is 1. The fourth-order valence-corrected chi connectivity index (χ4v) is 5.61. The number of urea groups is 1. The summed E-state index contributed by atoms with van der Waals surface area (Å²) in [6, 6.07) is 23.3. The molecule has 0 aliphatic carbocycles. The predicted molar refractivity (Wildman–Crippen MR) is 167 cm³/mol. The molecule has 1 fully saturated rings. The first-order valence-corrected chi connectivity index (χ1v) is 14.6. The molecule has 1 aromatic heterocycles. The number of hydrogen-bond acceptors (Lipinski definition) is 6. The number of nitrogens with zero attached hydrogens (tertiary/aromatic N) is 3. The van der Waals surface area contributed by atoms with Crippen LogP contribution in [0.4, 0.5) is 39.3 Å². The number of fused-ring (bicyclic) bond motifs is 6. The lowest BCUT2D eigenvalue weighted by atomic mass is 9.94. The van der Waals surface area contributed by atoms with Crippen LogP contribution in [0.2, 0.25) is 5.02 Å². The number of benzene rings is 3. The highest BCUT2D eigenvalue weighted by molar-refractivity contribution is 6.32. The van der Waals surface area contributed by atoms with E-state index in [9.17, 15) is 9.59 Å². The number of halogens is 1. The normalized spacial score (nSPS) is 16.0. The minimum absolute atomic E-state index is 0.0557. The van der Waals surface area contributed by atoms with Gasteiger partial charge in [0.25, 0.3) is 0 Å². The first-order chi connectivity index (χ1) is 20.5. The van der Waals surface area contributed by atoms with Crippen molar-refractivity contribution < 1.29 is 9.59 Å². The Morgan fingerprint density at radius 3 is 2.69 bits per heavy atom. The van der Waals surface area contributed by atoms with Crippen molar-refractivity contribution in [3.63, 3.8) is 0 Å². The summed E-state index contributed by atoms with van der Waals surface area (Å²) in [5.41, 5.74) is 5.40. The summed E-state index contributed by atoms with van der Waals surface area (Å²) in [4.78, 5) is 36.7. The molecule has 1 atom stereocenters. The molecule has 10 heteroatoms. The van der Waals surface area contributed by atoms with E-state index in [1.807, 2.05) is 60.7 Å². The number of hydrogen-bond donors (Lipinski definition) is 4. The van der Waals surface area contributed by atoms with Gasteiger partial charge in [-0.1, -0.05) is 41.9 Å². The van der Waals surface area contributed by atoms with Gasteiger partial charge in [0.1, 0.15) is 5.02 Å². The Morgan fingerprint density at radius 2 is 1.81 bits per heavy atom. The highest BCUT2D eigenvalue weighted by atomic mass is 35.5. The van der Waals surface area contributed by atoms with E-state index >= 15 is 0 Å². The predicted octanol–water partition coefficient (Wildman–Crippen LogP) is 6.99. The van der Waals surface area contributed by atoms with E-state index in [1.165, 1.54) is 0 Å². The highest BCUT2D eigenvalue weighted by Gasteiger charge is 2.26. The smallest absolute Gasteiger partial charge is 0.321 e. The average Bonchev–Trinajstić information content (AvgIpc) is 3.00. The van der Waals surface area contributed by atoms with Crippen LogP contribution in [0, 0.1) is 5.92 Å². The van der Waals surface area contributed by atoms with Gasteiger partial charge in [-0.25, -0.2) is 9.78 Å². The number of carbonyl (C=O) groups is 2. The number of aromatic nitrogens is 2. The van der Waals surface area contributed by atoms with Crippen molar-refractivity contribution >= 4 is 58.1 Å². The van der Waals surface area contributed by atoms with Gasteiger partial charge >= 0.3 is 6.03 Å². The van der Waals surface area contributed by atoms with E-state index in [1.54, 1.807) is 11.1 Å². The molecule has 42 heavy (non-hydrogen) atoms. The van der Waals surface area contributed by atoms with Gasteiger partial charge in [-0.3, -0.25) is 4.79 Å². The van der Waals surface area contributed by atoms with Gasteiger partial charge in [0.05, 0.1) is 6.20 Å². The Hall–Kier alpha value is -4.63. The Balaban J connectivity index is 1.16. The van der Waals surface area contributed by atoms with Gasteiger partial charge in [0.2, 0.25) is 11.9 Å². The van der Waals surface area contributed by atoms with Crippen molar-refractivity contribution in [3.8, 4) is 0 Å². The fraction of sp³-hybridized carbons (Fsp3) is 0.250. The Kier molecular flexibility index (Phi) is 8.18. The van der Waals surface area contributed by atoms with E-state index in [-0.39, 0.29) is 17.9 Å². The number of likely N-dealkylation sites (tertiary alicyclic amines) is 1. The zero-order valence-corrected chi connectivity index (χ0v) is 23.8. The second-order valence-electron chi connectivity index (χ2n) is 10.7. The van der Waals surface area contributed by atoms with Crippen molar-refractivity contribution in [2.45, 2.75) is 32.1 Å². The molecule has 9 nitrogen and oxygen atoms in total. The maximum absolute atomic E-state index is 13.3. The number of piperidine rings is 1. The fourth-order valence-electron chi connectivity index (χ4n) is 5.47. The maximum Gasteiger partial charge on any atom is 0.321 e. The van der Waals surface area contributed by atoms with Gasteiger partial charge in [0, 0.05) is 42.3 Å². The van der Waals surface area contributed by atoms with Crippen molar-refractivity contribution in [1.82, 2.24) is 14.9 Å². The van der Waals surface area contributed by atoms with E-state index < -0.39 is 0 Å².